The number of nitrogens with zero attached hydrogens (tertiary/aromatic N) is 2. The van der Waals surface area contributed by atoms with E-state index in [9.17, 15) is 22.8 Å². The lowest BCUT2D eigenvalue weighted by molar-refractivity contribution is -0.141. The largest absolute Gasteiger partial charge is 0.433 e. The molecular weight excluding hydrogens is 337 g/mol. The van der Waals surface area contributed by atoms with Crippen LogP contribution < -0.4 is 11.1 Å². The molecule has 1 aromatic heterocycles. The third-order valence-corrected chi connectivity index (χ3v) is 4.10. The Balaban J connectivity index is 2.05. The number of hydrogen-bond acceptors (Lipinski definition) is 4. The first-order valence-electron chi connectivity index (χ1n) is 8.14. The van der Waals surface area contributed by atoms with Crippen molar-refractivity contribution in [2.24, 2.45) is 5.73 Å². The molecule has 3 N–H and O–H groups in total. The van der Waals surface area contributed by atoms with Crippen LogP contribution in [0.15, 0.2) is 18.3 Å². The number of nitrogens with two attached hydrogens (primary N) is 1. The highest BCUT2D eigenvalue weighted by molar-refractivity contribution is 5.94. The van der Waals surface area contributed by atoms with Crippen LogP contribution in [-0.4, -0.2) is 47.4 Å². The van der Waals surface area contributed by atoms with E-state index in [4.69, 9.17) is 5.73 Å². The number of alkyl halides is 3. The topological polar surface area (TPSA) is 88.3 Å². The average molecular weight is 358 g/mol. The maximum absolute atomic E-state index is 12.6. The van der Waals surface area contributed by atoms with Gasteiger partial charge in [0.15, 0.2) is 0 Å². The van der Waals surface area contributed by atoms with Crippen molar-refractivity contribution in [2.45, 2.75) is 37.9 Å². The van der Waals surface area contributed by atoms with Gasteiger partial charge >= 0.3 is 6.18 Å². The predicted molar refractivity (Wildman–Crippen MR) is 84.6 cm³/mol. The van der Waals surface area contributed by atoms with Crippen LogP contribution in [0.3, 0.4) is 0 Å². The van der Waals surface area contributed by atoms with Gasteiger partial charge in [-0.1, -0.05) is 0 Å². The van der Waals surface area contributed by atoms with Gasteiger partial charge in [-0.25, -0.2) is 0 Å². The molecule has 6 nitrogen and oxygen atoms in total. The van der Waals surface area contributed by atoms with Crippen LogP contribution in [0.4, 0.5) is 13.2 Å². The van der Waals surface area contributed by atoms with E-state index >= 15 is 0 Å². The molecule has 0 spiro atoms. The van der Waals surface area contributed by atoms with Crippen molar-refractivity contribution in [3.05, 3.63) is 29.6 Å². The Morgan fingerprint density at radius 2 is 2.08 bits per heavy atom. The molecule has 0 saturated carbocycles. The lowest BCUT2D eigenvalue weighted by Crippen LogP contribution is -2.49. The van der Waals surface area contributed by atoms with E-state index in [0.717, 1.165) is 37.6 Å². The maximum Gasteiger partial charge on any atom is 0.433 e. The zero-order valence-corrected chi connectivity index (χ0v) is 13.7. The number of nitrogens with one attached hydrogen (secondary N) is 1. The van der Waals surface area contributed by atoms with Crippen molar-refractivity contribution in [1.29, 1.82) is 0 Å². The molecule has 9 heteroatoms. The number of likely N-dealkylation sites (tertiary alicyclic amines) is 1. The van der Waals surface area contributed by atoms with Gasteiger partial charge in [-0.15, -0.1) is 0 Å². The van der Waals surface area contributed by atoms with Gasteiger partial charge in [0, 0.05) is 38.3 Å². The van der Waals surface area contributed by atoms with Crippen LogP contribution in [0.5, 0.6) is 0 Å². The van der Waals surface area contributed by atoms with E-state index in [2.05, 4.69) is 10.3 Å². The molecule has 0 aliphatic carbocycles. The summed E-state index contributed by atoms with van der Waals surface area (Å²) in [6, 6.07) is 1.75. The molecular formula is C16H21F3N4O2. The number of carbonyl (C=O) groups excluding carboxylic acids is 2. The fourth-order valence-corrected chi connectivity index (χ4v) is 2.79. The Bertz CT molecular complexity index is 604. The van der Waals surface area contributed by atoms with Gasteiger partial charge in [0.2, 0.25) is 5.91 Å². The van der Waals surface area contributed by atoms with Crippen LogP contribution in [-0.2, 0) is 11.0 Å². The SMILES string of the molecule is NCCC(=O)NCC1CCCCN1C(=O)c1ccc(C(F)(F)F)nc1. The molecule has 0 radical (unpaired) electrons. The first-order valence-corrected chi connectivity index (χ1v) is 8.14. The van der Waals surface area contributed by atoms with E-state index in [0.29, 0.717) is 13.1 Å². The number of halogens is 3. The Morgan fingerprint density at radius 1 is 1.32 bits per heavy atom. The van der Waals surface area contributed by atoms with Crippen LogP contribution in [0.2, 0.25) is 0 Å². The molecule has 0 bridgehead atoms. The Labute approximate surface area is 143 Å². The monoisotopic (exact) mass is 358 g/mol. The molecule has 1 unspecified atom stereocenters. The zero-order valence-electron chi connectivity index (χ0n) is 13.7. The number of piperidine rings is 1. The second-order valence-corrected chi connectivity index (χ2v) is 5.92. The molecule has 2 amide bonds. The molecule has 2 heterocycles. The second-order valence-electron chi connectivity index (χ2n) is 5.92. The van der Waals surface area contributed by atoms with Crippen LogP contribution in [0.25, 0.3) is 0 Å². The van der Waals surface area contributed by atoms with Crippen LogP contribution >= 0.6 is 0 Å². The summed E-state index contributed by atoms with van der Waals surface area (Å²) in [5, 5.41) is 2.74. The number of hydrogen-bond donors (Lipinski definition) is 2. The lowest BCUT2D eigenvalue weighted by atomic mass is 10.0. The van der Waals surface area contributed by atoms with Crippen molar-refractivity contribution < 1.29 is 22.8 Å². The zero-order chi connectivity index (χ0) is 18.4. The number of carbonyl (C=O) groups is 2. The summed E-state index contributed by atoms with van der Waals surface area (Å²) < 4.78 is 37.7. The van der Waals surface area contributed by atoms with E-state index < -0.39 is 11.9 Å². The van der Waals surface area contributed by atoms with E-state index in [-0.39, 0.29) is 36.4 Å². The third-order valence-electron chi connectivity index (χ3n) is 4.10. The van der Waals surface area contributed by atoms with Gasteiger partial charge in [-0.3, -0.25) is 14.6 Å². The summed E-state index contributed by atoms with van der Waals surface area (Å²) in [5.41, 5.74) is 4.39. The van der Waals surface area contributed by atoms with Gasteiger partial charge in [0.1, 0.15) is 5.69 Å². The number of amides is 2. The van der Waals surface area contributed by atoms with Crippen molar-refractivity contribution in [3.63, 3.8) is 0 Å². The fraction of sp³-hybridized carbons (Fsp3) is 0.562. The van der Waals surface area contributed by atoms with Gasteiger partial charge in [0.05, 0.1) is 5.56 Å². The highest BCUT2D eigenvalue weighted by atomic mass is 19.4. The van der Waals surface area contributed by atoms with Crippen molar-refractivity contribution >= 4 is 11.8 Å². The fourth-order valence-electron chi connectivity index (χ4n) is 2.79. The molecule has 1 saturated heterocycles. The molecule has 1 atom stereocenters. The smallest absolute Gasteiger partial charge is 0.354 e. The number of aromatic nitrogens is 1. The Kier molecular flexibility index (Phi) is 6.35. The van der Waals surface area contributed by atoms with Crippen molar-refractivity contribution in [1.82, 2.24) is 15.2 Å². The lowest BCUT2D eigenvalue weighted by Gasteiger charge is -2.36. The number of rotatable bonds is 5. The molecule has 1 aliphatic heterocycles. The second kappa shape index (κ2) is 8.28. The summed E-state index contributed by atoms with van der Waals surface area (Å²) in [6.45, 7) is 1.05. The first-order chi connectivity index (χ1) is 11.8. The molecule has 138 valence electrons. The summed E-state index contributed by atoms with van der Waals surface area (Å²) in [5.74, 6) is -0.560. The Morgan fingerprint density at radius 3 is 2.68 bits per heavy atom. The molecule has 1 aromatic rings. The molecule has 2 rings (SSSR count). The summed E-state index contributed by atoms with van der Waals surface area (Å²) in [6.07, 6.45) is -0.919. The van der Waals surface area contributed by atoms with Gasteiger partial charge < -0.3 is 16.0 Å². The maximum atomic E-state index is 12.6. The normalized spacial score (nSPS) is 18.1. The van der Waals surface area contributed by atoms with E-state index in [1.165, 1.54) is 0 Å². The predicted octanol–water partition coefficient (Wildman–Crippen LogP) is 1.56. The van der Waals surface area contributed by atoms with Crippen LogP contribution in [0.1, 0.15) is 41.7 Å². The summed E-state index contributed by atoms with van der Waals surface area (Å²) in [7, 11) is 0. The molecule has 1 fully saturated rings. The highest BCUT2D eigenvalue weighted by Crippen LogP contribution is 2.27. The number of pyridine rings is 1. The molecule has 1 aliphatic rings. The first kappa shape index (κ1) is 19.2. The van der Waals surface area contributed by atoms with Gasteiger partial charge in [0.25, 0.3) is 5.91 Å². The average Bonchev–Trinajstić information content (AvgIpc) is 2.59. The van der Waals surface area contributed by atoms with Gasteiger partial charge in [-0.05, 0) is 31.4 Å². The minimum Gasteiger partial charge on any atom is -0.354 e. The summed E-state index contributed by atoms with van der Waals surface area (Å²) >= 11 is 0. The quantitative estimate of drug-likeness (QED) is 0.836. The minimum atomic E-state index is -4.54. The van der Waals surface area contributed by atoms with Crippen molar-refractivity contribution in [3.8, 4) is 0 Å². The van der Waals surface area contributed by atoms with E-state index in [1.807, 2.05) is 0 Å². The van der Waals surface area contributed by atoms with Crippen molar-refractivity contribution in [2.75, 3.05) is 19.6 Å². The summed E-state index contributed by atoms with van der Waals surface area (Å²) in [4.78, 5) is 29.1. The standard InChI is InChI=1S/C16H21F3N4O2/c17-16(18,19)13-5-4-11(9-21-13)15(25)23-8-2-1-3-12(23)10-22-14(24)6-7-20/h4-5,9,12H,1-3,6-8,10,20H2,(H,22,24). The molecule has 25 heavy (non-hydrogen) atoms. The minimum absolute atomic E-state index is 0.105. The highest BCUT2D eigenvalue weighted by Gasteiger charge is 2.33. The van der Waals surface area contributed by atoms with Gasteiger partial charge in [-0.2, -0.15) is 13.2 Å². The van der Waals surface area contributed by atoms with E-state index in [1.54, 1.807) is 4.90 Å². The van der Waals surface area contributed by atoms with Crippen LogP contribution in [0, 0.1) is 0 Å². The third kappa shape index (κ3) is 5.15. The molecule has 0 aromatic carbocycles. The Hall–Kier alpha value is -2.16.